The van der Waals surface area contributed by atoms with Gasteiger partial charge in [-0.2, -0.15) is 0 Å². The van der Waals surface area contributed by atoms with Crippen LogP contribution >= 0.6 is 0 Å². The zero-order valence-electron chi connectivity index (χ0n) is 7.27. The number of carbonyl (C=O) groups is 2. The lowest BCUT2D eigenvalue weighted by Crippen LogP contribution is -2.09. The Balaban J connectivity index is 0.000000293. The topological polar surface area (TPSA) is 75.6 Å². The Hall–Kier alpha value is -2.04. The number of carbonyl (C=O) groups excluding carboxylic acids is 1. The Labute approximate surface area is 80.3 Å². The van der Waals surface area contributed by atoms with E-state index in [1.165, 1.54) is 0 Å². The molecule has 0 aliphatic carbocycles. The number of hydrogen-bond donors (Lipinski definition) is 2. The average Bonchev–Trinajstić information content (AvgIpc) is 2.27. The SMILES string of the molecule is O=C1Nc2cccc(c2)CO1.O=CO. The maximum atomic E-state index is 10.8. The van der Waals surface area contributed by atoms with Gasteiger partial charge in [0.15, 0.2) is 0 Å². The number of cyclic esters (lactones) is 1. The van der Waals surface area contributed by atoms with Crippen LogP contribution in [0.25, 0.3) is 0 Å². The van der Waals surface area contributed by atoms with Gasteiger partial charge in [0.25, 0.3) is 6.47 Å². The van der Waals surface area contributed by atoms with Crippen molar-refractivity contribution in [2.24, 2.45) is 0 Å². The van der Waals surface area contributed by atoms with Crippen LogP contribution in [0.2, 0.25) is 0 Å². The molecule has 5 nitrogen and oxygen atoms in total. The van der Waals surface area contributed by atoms with E-state index in [0.717, 1.165) is 11.3 Å². The Kier molecular flexibility index (Phi) is 3.49. The molecule has 0 saturated heterocycles. The molecule has 2 N–H and O–H groups in total. The molecule has 14 heavy (non-hydrogen) atoms. The fourth-order valence-electron chi connectivity index (χ4n) is 1.04. The molecule has 1 heterocycles. The second-order valence-electron chi connectivity index (χ2n) is 2.51. The highest BCUT2D eigenvalue weighted by Crippen LogP contribution is 2.15. The van der Waals surface area contributed by atoms with Crippen LogP contribution in [0.5, 0.6) is 0 Å². The molecular weight excluding hydrogens is 186 g/mol. The van der Waals surface area contributed by atoms with Crippen LogP contribution in [-0.2, 0) is 16.1 Å². The summed E-state index contributed by atoms with van der Waals surface area (Å²) in [6.07, 6.45) is -0.383. The smallest absolute Gasteiger partial charge is 0.411 e. The van der Waals surface area contributed by atoms with E-state index in [1.807, 2.05) is 24.3 Å². The van der Waals surface area contributed by atoms with Gasteiger partial charge in [-0.3, -0.25) is 10.1 Å². The van der Waals surface area contributed by atoms with Crippen LogP contribution in [0.4, 0.5) is 10.5 Å². The third-order valence-corrected chi connectivity index (χ3v) is 1.54. The molecule has 1 aliphatic heterocycles. The molecule has 0 spiro atoms. The fraction of sp³-hybridized carbons (Fsp3) is 0.111. The predicted molar refractivity (Wildman–Crippen MR) is 48.9 cm³/mol. The summed E-state index contributed by atoms with van der Waals surface area (Å²) in [6.45, 7) is 0.111. The molecule has 0 aromatic heterocycles. The van der Waals surface area contributed by atoms with Crippen molar-refractivity contribution in [3.63, 3.8) is 0 Å². The molecule has 0 fully saturated rings. The highest BCUT2D eigenvalue weighted by Gasteiger charge is 2.08. The molecule has 0 unspecified atom stereocenters. The molecule has 2 bridgehead atoms. The molecule has 1 aromatic carbocycles. The van der Waals surface area contributed by atoms with Gasteiger partial charge in [-0.15, -0.1) is 0 Å². The van der Waals surface area contributed by atoms with Crippen molar-refractivity contribution >= 4 is 18.3 Å². The van der Waals surface area contributed by atoms with Gasteiger partial charge >= 0.3 is 6.09 Å². The molecule has 0 atom stereocenters. The number of anilines is 1. The Morgan fingerprint density at radius 2 is 2.21 bits per heavy atom. The molecule has 1 amide bonds. The predicted octanol–water partition coefficient (Wildman–Crippen LogP) is 1.45. The normalized spacial score (nSPS) is 12.4. The monoisotopic (exact) mass is 195 g/mol. The largest absolute Gasteiger partial charge is 0.483 e. The minimum atomic E-state index is -0.383. The lowest BCUT2D eigenvalue weighted by molar-refractivity contribution is -0.122. The van der Waals surface area contributed by atoms with E-state index in [-0.39, 0.29) is 12.6 Å². The summed E-state index contributed by atoms with van der Waals surface area (Å²) >= 11 is 0. The van der Waals surface area contributed by atoms with Gasteiger partial charge in [-0.1, -0.05) is 12.1 Å². The van der Waals surface area contributed by atoms with E-state index in [9.17, 15) is 4.79 Å². The molecule has 5 heteroatoms. The number of amides is 1. The third kappa shape index (κ3) is 2.78. The number of carboxylic acid groups (broad SMARTS) is 1. The van der Waals surface area contributed by atoms with Crippen molar-refractivity contribution in [1.82, 2.24) is 0 Å². The van der Waals surface area contributed by atoms with Gasteiger partial charge in [0, 0.05) is 5.69 Å². The quantitative estimate of drug-likeness (QED) is 0.614. The summed E-state index contributed by atoms with van der Waals surface area (Å²) in [5, 5.41) is 9.47. The number of rotatable bonds is 0. The molecule has 0 saturated carbocycles. The van der Waals surface area contributed by atoms with Crippen molar-refractivity contribution in [2.45, 2.75) is 6.61 Å². The van der Waals surface area contributed by atoms with E-state index in [4.69, 9.17) is 14.6 Å². The first-order chi connectivity index (χ1) is 6.76. The van der Waals surface area contributed by atoms with Gasteiger partial charge in [0.05, 0.1) is 0 Å². The summed E-state index contributed by atoms with van der Waals surface area (Å²) in [6, 6.07) is 7.53. The van der Waals surface area contributed by atoms with Crippen molar-refractivity contribution in [2.75, 3.05) is 5.32 Å². The lowest BCUT2D eigenvalue weighted by Gasteiger charge is -1.97. The summed E-state index contributed by atoms with van der Waals surface area (Å²) < 4.78 is 4.81. The second kappa shape index (κ2) is 4.86. The van der Waals surface area contributed by atoms with E-state index in [2.05, 4.69) is 5.32 Å². The second-order valence-corrected chi connectivity index (χ2v) is 2.51. The Bertz CT molecular complexity index is 337. The van der Waals surface area contributed by atoms with Crippen LogP contribution in [0.15, 0.2) is 24.3 Å². The van der Waals surface area contributed by atoms with Crippen molar-refractivity contribution in [3.8, 4) is 0 Å². The average molecular weight is 195 g/mol. The highest BCUT2D eigenvalue weighted by molar-refractivity contribution is 5.85. The lowest BCUT2D eigenvalue weighted by atomic mass is 10.2. The minimum Gasteiger partial charge on any atom is -0.483 e. The Morgan fingerprint density at radius 1 is 1.50 bits per heavy atom. The molecule has 1 aromatic rings. The molecular formula is C9H9NO4. The summed E-state index contributed by atoms with van der Waals surface area (Å²) in [7, 11) is 0. The maximum Gasteiger partial charge on any atom is 0.411 e. The van der Waals surface area contributed by atoms with Gasteiger partial charge in [0.2, 0.25) is 0 Å². The highest BCUT2D eigenvalue weighted by atomic mass is 16.5. The number of ether oxygens (including phenoxy) is 1. The van der Waals surface area contributed by atoms with Crippen LogP contribution in [0, 0.1) is 0 Å². The van der Waals surface area contributed by atoms with Crippen molar-refractivity contribution < 1.29 is 19.4 Å². The first-order valence-electron chi connectivity index (χ1n) is 3.87. The Morgan fingerprint density at radius 3 is 2.93 bits per heavy atom. The molecule has 2 rings (SSSR count). The van der Waals surface area contributed by atoms with Gasteiger partial charge in [0.1, 0.15) is 6.61 Å². The first-order valence-corrected chi connectivity index (χ1v) is 3.87. The fourth-order valence-corrected chi connectivity index (χ4v) is 1.04. The number of benzene rings is 1. The number of fused-ring (bicyclic) bond motifs is 2. The molecule has 74 valence electrons. The standard InChI is InChI=1S/C8H7NO2.CH2O2/c10-8-9-7-3-1-2-6(4-7)5-11-8;2-1-3/h1-4H,5H2,(H,9,10);1H,(H,2,3). The number of nitrogens with one attached hydrogen (secondary N) is 1. The molecule has 0 radical (unpaired) electrons. The number of hydrogen-bond acceptors (Lipinski definition) is 3. The van der Waals surface area contributed by atoms with Crippen LogP contribution in [0.1, 0.15) is 5.56 Å². The zero-order valence-corrected chi connectivity index (χ0v) is 7.27. The third-order valence-electron chi connectivity index (χ3n) is 1.54. The van der Waals surface area contributed by atoms with Crippen LogP contribution < -0.4 is 5.32 Å². The van der Waals surface area contributed by atoms with Gasteiger partial charge in [-0.05, 0) is 17.7 Å². The van der Waals surface area contributed by atoms with Crippen molar-refractivity contribution in [1.29, 1.82) is 0 Å². The van der Waals surface area contributed by atoms with E-state index < -0.39 is 0 Å². The van der Waals surface area contributed by atoms with Gasteiger partial charge in [-0.25, -0.2) is 4.79 Å². The maximum absolute atomic E-state index is 10.8. The summed E-state index contributed by atoms with van der Waals surface area (Å²) in [5.74, 6) is 0. The van der Waals surface area contributed by atoms with Crippen molar-refractivity contribution in [3.05, 3.63) is 29.8 Å². The summed E-state index contributed by atoms with van der Waals surface area (Å²) in [5.41, 5.74) is 1.81. The van der Waals surface area contributed by atoms with E-state index in [0.29, 0.717) is 6.61 Å². The summed E-state index contributed by atoms with van der Waals surface area (Å²) in [4.78, 5) is 19.2. The van der Waals surface area contributed by atoms with Gasteiger partial charge < -0.3 is 9.84 Å². The van der Waals surface area contributed by atoms with E-state index >= 15 is 0 Å². The minimum absolute atomic E-state index is 0.250. The first kappa shape index (κ1) is 10.0. The zero-order chi connectivity index (χ0) is 10.4. The van der Waals surface area contributed by atoms with Crippen LogP contribution in [0.3, 0.4) is 0 Å². The van der Waals surface area contributed by atoms with Crippen LogP contribution in [-0.4, -0.2) is 17.7 Å². The van der Waals surface area contributed by atoms with E-state index in [1.54, 1.807) is 0 Å². The molecule has 1 aliphatic rings.